The number of carbonyl (C=O) groups is 1. The van der Waals surface area contributed by atoms with Gasteiger partial charge in [-0.1, -0.05) is 48.2 Å². The number of aromatic nitrogens is 3. The molecule has 1 aliphatic rings. The number of furan rings is 1. The molecule has 6 nitrogen and oxygen atoms in total. The number of allylic oxidation sites excluding steroid dienone is 2. The molecule has 0 bridgehead atoms. The molecule has 0 radical (unpaired) electrons. The molecular weight excluding hydrogens is 396 g/mol. The highest BCUT2D eigenvalue weighted by atomic mass is 32.2. The van der Waals surface area contributed by atoms with Crippen molar-refractivity contribution in [3.05, 3.63) is 77.6 Å². The molecule has 0 aliphatic heterocycles. The quantitative estimate of drug-likeness (QED) is 0.488. The average Bonchev–Trinajstić information content (AvgIpc) is 3.42. The second kappa shape index (κ2) is 9.80. The van der Waals surface area contributed by atoms with Crippen LogP contribution in [-0.2, 0) is 17.9 Å². The fourth-order valence-corrected chi connectivity index (χ4v) is 4.45. The van der Waals surface area contributed by atoms with E-state index in [4.69, 9.17) is 4.42 Å². The molecule has 0 saturated carbocycles. The molecule has 156 valence electrons. The summed E-state index contributed by atoms with van der Waals surface area (Å²) in [5.74, 6) is 2.01. The second-order valence-corrected chi connectivity index (χ2v) is 8.33. The largest absolute Gasteiger partial charge is 0.467 e. The molecule has 2 heterocycles. The minimum atomic E-state index is 0.0662. The highest BCUT2D eigenvalue weighted by Crippen LogP contribution is 2.25. The number of carbonyl (C=O) groups excluding carboxylic acids is 1. The lowest BCUT2D eigenvalue weighted by Gasteiger charge is -2.27. The van der Waals surface area contributed by atoms with Crippen molar-refractivity contribution in [3.8, 4) is 0 Å². The molecule has 0 unspecified atom stereocenters. The van der Waals surface area contributed by atoms with E-state index in [2.05, 4.69) is 33.0 Å². The fourth-order valence-electron chi connectivity index (χ4n) is 3.60. The predicted octanol–water partition coefficient (Wildman–Crippen LogP) is 4.81. The van der Waals surface area contributed by atoms with Crippen LogP contribution in [-0.4, -0.2) is 31.3 Å². The zero-order chi connectivity index (χ0) is 20.8. The van der Waals surface area contributed by atoms with Crippen LogP contribution >= 0.6 is 11.8 Å². The number of nitrogens with zero attached hydrogens (tertiary/aromatic N) is 4. The van der Waals surface area contributed by atoms with E-state index in [1.165, 1.54) is 23.7 Å². The highest BCUT2D eigenvalue weighted by Gasteiger charge is 2.22. The van der Waals surface area contributed by atoms with Crippen molar-refractivity contribution in [2.24, 2.45) is 0 Å². The summed E-state index contributed by atoms with van der Waals surface area (Å²) in [5.41, 5.74) is 2.28. The molecule has 0 N–H and O–H groups in total. The summed E-state index contributed by atoms with van der Waals surface area (Å²) in [6, 6.07) is 14.0. The first kappa shape index (κ1) is 20.5. The van der Waals surface area contributed by atoms with Gasteiger partial charge in [0.15, 0.2) is 5.16 Å². The van der Waals surface area contributed by atoms with Gasteiger partial charge in [-0.25, -0.2) is 0 Å². The molecule has 3 aromatic rings. The molecular formula is C23H26N4O2S. The lowest BCUT2D eigenvalue weighted by atomic mass is 10.0. The summed E-state index contributed by atoms with van der Waals surface area (Å²) in [6.45, 7) is 3.10. The summed E-state index contributed by atoms with van der Waals surface area (Å²) in [7, 11) is 0. The van der Waals surface area contributed by atoms with Gasteiger partial charge in [-0.15, -0.1) is 10.2 Å². The van der Waals surface area contributed by atoms with Crippen LogP contribution in [0.2, 0.25) is 0 Å². The molecule has 30 heavy (non-hydrogen) atoms. The van der Waals surface area contributed by atoms with Crippen LogP contribution in [0.1, 0.15) is 42.8 Å². The molecule has 4 rings (SSSR count). The van der Waals surface area contributed by atoms with Crippen molar-refractivity contribution in [2.45, 2.75) is 50.9 Å². The number of benzene rings is 1. The van der Waals surface area contributed by atoms with Gasteiger partial charge in [0.05, 0.1) is 25.1 Å². The Morgan fingerprint density at radius 1 is 1.17 bits per heavy atom. The molecule has 0 atom stereocenters. The van der Waals surface area contributed by atoms with E-state index in [0.717, 1.165) is 41.7 Å². The number of hydrogen-bond donors (Lipinski definition) is 0. The van der Waals surface area contributed by atoms with Crippen LogP contribution in [0.3, 0.4) is 0 Å². The lowest BCUT2D eigenvalue weighted by Crippen LogP contribution is -2.32. The molecule has 1 amide bonds. The Morgan fingerprint density at radius 3 is 2.77 bits per heavy atom. The Balaban J connectivity index is 1.46. The maximum absolute atomic E-state index is 13.2. The number of amides is 1. The first-order valence-corrected chi connectivity index (χ1v) is 11.3. The Hall–Kier alpha value is -2.80. The molecule has 7 heteroatoms. The van der Waals surface area contributed by atoms with E-state index in [1.807, 2.05) is 42.2 Å². The number of aryl methyl sites for hydroxylation is 1. The minimum absolute atomic E-state index is 0.0662. The Kier molecular flexibility index (Phi) is 6.69. The third-order valence-corrected chi connectivity index (χ3v) is 6.17. The zero-order valence-corrected chi connectivity index (χ0v) is 18.0. The Morgan fingerprint density at radius 2 is 2.03 bits per heavy atom. The van der Waals surface area contributed by atoms with E-state index in [-0.39, 0.29) is 5.91 Å². The lowest BCUT2D eigenvalue weighted by molar-refractivity contribution is -0.127. The number of thioether (sulfide) groups is 1. The standard InChI is InChI=1S/C23H26N4O2S/c1-18-24-25-23(26(18)15-19-9-4-2-5-10-19)30-17-22(28)27(16-21-13-8-14-29-21)20-11-6-3-7-12-20/h2,4-5,8-11,13-14H,3,6-7,12,15-17H2,1H3. The van der Waals surface area contributed by atoms with Crippen molar-refractivity contribution >= 4 is 17.7 Å². The van der Waals surface area contributed by atoms with Crippen LogP contribution in [0.15, 0.2) is 70.1 Å². The first-order valence-electron chi connectivity index (χ1n) is 10.3. The molecule has 0 saturated heterocycles. The van der Waals surface area contributed by atoms with Crippen LogP contribution in [0.4, 0.5) is 0 Å². The van der Waals surface area contributed by atoms with Gasteiger partial charge in [0.25, 0.3) is 0 Å². The van der Waals surface area contributed by atoms with Gasteiger partial charge in [-0.2, -0.15) is 0 Å². The average molecular weight is 423 g/mol. The van der Waals surface area contributed by atoms with Crippen LogP contribution < -0.4 is 0 Å². The molecule has 1 aromatic carbocycles. The van der Waals surface area contributed by atoms with Crippen molar-refractivity contribution in [2.75, 3.05) is 5.75 Å². The third-order valence-electron chi connectivity index (χ3n) is 5.22. The predicted molar refractivity (Wildman–Crippen MR) is 117 cm³/mol. The summed E-state index contributed by atoms with van der Waals surface area (Å²) in [4.78, 5) is 15.1. The van der Waals surface area contributed by atoms with E-state index in [9.17, 15) is 4.79 Å². The monoisotopic (exact) mass is 422 g/mol. The van der Waals surface area contributed by atoms with Gasteiger partial charge in [0, 0.05) is 5.70 Å². The van der Waals surface area contributed by atoms with E-state index in [0.29, 0.717) is 18.8 Å². The van der Waals surface area contributed by atoms with Crippen LogP contribution in [0, 0.1) is 6.92 Å². The van der Waals surface area contributed by atoms with Gasteiger partial charge in [0.2, 0.25) is 5.91 Å². The topological polar surface area (TPSA) is 64.2 Å². The first-order chi connectivity index (χ1) is 14.7. The molecule has 2 aromatic heterocycles. The smallest absolute Gasteiger partial charge is 0.237 e. The summed E-state index contributed by atoms with van der Waals surface area (Å²) in [5, 5.41) is 9.29. The van der Waals surface area contributed by atoms with Crippen molar-refractivity contribution in [3.63, 3.8) is 0 Å². The maximum atomic E-state index is 13.2. The molecule has 0 fully saturated rings. The minimum Gasteiger partial charge on any atom is -0.467 e. The zero-order valence-electron chi connectivity index (χ0n) is 17.2. The normalized spacial score (nSPS) is 13.8. The van der Waals surface area contributed by atoms with E-state index < -0.39 is 0 Å². The van der Waals surface area contributed by atoms with Crippen LogP contribution in [0.5, 0.6) is 0 Å². The SMILES string of the molecule is Cc1nnc(SCC(=O)N(Cc2ccco2)C2=CCCCC2)n1Cc1ccccc1. The van der Waals surface area contributed by atoms with Crippen molar-refractivity contribution in [1.82, 2.24) is 19.7 Å². The van der Waals surface area contributed by atoms with Crippen molar-refractivity contribution < 1.29 is 9.21 Å². The van der Waals surface area contributed by atoms with Gasteiger partial charge in [-0.05, 0) is 50.3 Å². The Bertz CT molecular complexity index is 996. The van der Waals surface area contributed by atoms with Gasteiger partial charge in [-0.3, -0.25) is 4.79 Å². The third kappa shape index (κ3) is 5.02. The molecule has 0 spiro atoms. The highest BCUT2D eigenvalue weighted by molar-refractivity contribution is 7.99. The maximum Gasteiger partial charge on any atom is 0.237 e. The molecule has 1 aliphatic carbocycles. The summed E-state index contributed by atoms with van der Waals surface area (Å²) in [6.07, 6.45) is 8.09. The Labute approximate surface area is 181 Å². The number of hydrogen-bond acceptors (Lipinski definition) is 5. The van der Waals surface area contributed by atoms with Crippen LogP contribution in [0.25, 0.3) is 0 Å². The fraction of sp³-hybridized carbons (Fsp3) is 0.348. The van der Waals surface area contributed by atoms with Gasteiger partial charge >= 0.3 is 0 Å². The van der Waals surface area contributed by atoms with E-state index in [1.54, 1.807) is 6.26 Å². The van der Waals surface area contributed by atoms with Gasteiger partial charge in [0.1, 0.15) is 11.6 Å². The van der Waals surface area contributed by atoms with Gasteiger partial charge < -0.3 is 13.9 Å². The van der Waals surface area contributed by atoms with Crippen molar-refractivity contribution in [1.29, 1.82) is 0 Å². The summed E-state index contributed by atoms with van der Waals surface area (Å²) >= 11 is 1.44. The van der Waals surface area contributed by atoms with E-state index >= 15 is 0 Å². The summed E-state index contributed by atoms with van der Waals surface area (Å²) < 4.78 is 7.56. The second-order valence-electron chi connectivity index (χ2n) is 7.39. The number of rotatable bonds is 8.